The van der Waals surface area contributed by atoms with Gasteiger partial charge < -0.3 is 9.84 Å². The highest BCUT2D eigenvalue weighted by Crippen LogP contribution is 2.20. The Morgan fingerprint density at radius 3 is 2.64 bits per heavy atom. The highest BCUT2D eigenvalue weighted by atomic mass is 32.2. The Hall–Kier alpha value is -2.68. The molecule has 0 saturated heterocycles. The van der Waals surface area contributed by atoms with Gasteiger partial charge in [-0.05, 0) is 24.0 Å². The number of hydrogen-bond acceptors (Lipinski definition) is 7. The lowest BCUT2D eigenvalue weighted by molar-refractivity contribution is -0.384. The van der Waals surface area contributed by atoms with Gasteiger partial charge in [0.15, 0.2) is 5.16 Å². The predicted octanol–water partition coefficient (Wildman–Crippen LogP) is 2.38. The van der Waals surface area contributed by atoms with Crippen molar-refractivity contribution in [3.8, 4) is 5.88 Å². The standard InChI is InChI=1S/C13H11N3O5S/c1-22-13-14-6-10(12(17)18)11(15-13)21-7-8-2-4-9(5-3-8)16(19)20/h2-6H,7H2,1H3,(H,17,18). The van der Waals surface area contributed by atoms with E-state index < -0.39 is 10.9 Å². The minimum absolute atomic E-state index is 0.0262. The zero-order chi connectivity index (χ0) is 16.1. The Balaban J connectivity index is 2.16. The van der Waals surface area contributed by atoms with E-state index >= 15 is 0 Å². The molecule has 22 heavy (non-hydrogen) atoms. The highest BCUT2D eigenvalue weighted by Gasteiger charge is 2.15. The van der Waals surface area contributed by atoms with Gasteiger partial charge in [0.05, 0.1) is 4.92 Å². The van der Waals surface area contributed by atoms with Crippen LogP contribution in [-0.2, 0) is 6.61 Å². The first-order chi connectivity index (χ1) is 10.5. The summed E-state index contributed by atoms with van der Waals surface area (Å²) in [4.78, 5) is 29.1. The third-order valence-corrected chi connectivity index (χ3v) is 3.23. The number of aromatic carboxylic acids is 1. The lowest BCUT2D eigenvalue weighted by atomic mass is 10.2. The van der Waals surface area contributed by atoms with E-state index in [1.807, 2.05) is 0 Å². The van der Waals surface area contributed by atoms with E-state index in [2.05, 4.69) is 9.97 Å². The summed E-state index contributed by atoms with van der Waals surface area (Å²) in [5.41, 5.74) is 0.493. The number of benzene rings is 1. The summed E-state index contributed by atoms with van der Waals surface area (Å²) >= 11 is 1.26. The molecule has 0 aliphatic rings. The molecule has 0 atom stereocenters. The summed E-state index contributed by atoms with van der Waals surface area (Å²) in [6.45, 7) is 0.0448. The molecular formula is C13H11N3O5S. The summed E-state index contributed by atoms with van der Waals surface area (Å²) in [5.74, 6) is -1.23. The SMILES string of the molecule is CSc1ncc(C(=O)O)c(OCc2ccc([N+](=O)[O-])cc2)n1. The van der Waals surface area contributed by atoms with E-state index in [-0.39, 0.29) is 23.7 Å². The van der Waals surface area contributed by atoms with Crippen molar-refractivity contribution in [3.05, 3.63) is 51.7 Å². The smallest absolute Gasteiger partial charge is 0.342 e. The maximum Gasteiger partial charge on any atom is 0.342 e. The van der Waals surface area contributed by atoms with Crippen molar-refractivity contribution >= 4 is 23.4 Å². The van der Waals surface area contributed by atoms with Gasteiger partial charge in [-0.1, -0.05) is 11.8 Å². The second kappa shape index (κ2) is 6.85. The van der Waals surface area contributed by atoms with Crippen LogP contribution >= 0.6 is 11.8 Å². The van der Waals surface area contributed by atoms with Gasteiger partial charge in [0, 0.05) is 18.3 Å². The van der Waals surface area contributed by atoms with Crippen LogP contribution in [0.3, 0.4) is 0 Å². The van der Waals surface area contributed by atoms with Gasteiger partial charge in [-0.25, -0.2) is 9.78 Å². The number of rotatable bonds is 6. The molecule has 0 bridgehead atoms. The molecule has 2 aromatic rings. The molecule has 1 heterocycles. The lowest BCUT2D eigenvalue weighted by Crippen LogP contribution is -2.07. The number of thioether (sulfide) groups is 1. The molecule has 0 saturated carbocycles. The van der Waals surface area contributed by atoms with Crippen molar-refractivity contribution in [2.45, 2.75) is 11.8 Å². The average Bonchev–Trinajstić information content (AvgIpc) is 2.52. The molecule has 1 aromatic heterocycles. The molecule has 0 radical (unpaired) electrons. The van der Waals surface area contributed by atoms with Gasteiger partial charge in [0.2, 0.25) is 5.88 Å². The van der Waals surface area contributed by atoms with Crippen molar-refractivity contribution in [2.24, 2.45) is 0 Å². The van der Waals surface area contributed by atoms with Crippen LogP contribution in [0.15, 0.2) is 35.6 Å². The van der Waals surface area contributed by atoms with Crippen molar-refractivity contribution in [3.63, 3.8) is 0 Å². The van der Waals surface area contributed by atoms with Gasteiger partial charge in [-0.15, -0.1) is 0 Å². The minimum atomic E-state index is -1.19. The molecule has 2 rings (SSSR count). The number of hydrogen-bond donors (Lipinski definition) is 1. The van der Waals surface area contributed by atoms with E-state index in [0.717, 1.165) is 0 Å². The second-order valence-electron chi connectivity index (χ2n) is 4.09. The first-order valence-electron chi connectivity index (χ1n) is 6.01. The van der Waals surface area contributed by atoms with Crippen LogP contribution < -0.4 is 4.74 Å². The third kappa shape index (κ3) is 3.70. The Kier molecular flexibility index (Phi) is 4.89. The monoisotopic (exact) mass is 321 g/mol. The zero-order valence-electron chi connectivity index (χ0n) is 11.4. The second-order valence-corrected chi connectivity index (χ2v) is 4.87. The molecule has 0 unspecified atom stereocenters. The minimum Gasteiger partial charge on any atom is -0.477 e. The van der Waals surface area contributed by atoms with E-state index in [1.54, 1.807) is 6.26 Å². The highest BCUT2D eigenvalue weighted by molar-refractivity contribution is 7.98. The third-order valence-electron chi connectivity index (χ3n) is 2.67. The quantitative estimate of drug-likeness (QED) is 0.373. The largest absolute Gasteiger partial charge is 0.477 e. The summed E-state index contributed by atoms with van der Waals surface area (Å²) in [6.07, 6.45) is 2.95. The Bertz CT molecular complexity index is 705. The fourth-order valence-electron chi connectivity index (χ4n) is 1.57. The van der Waals surface area contributed by atoms with Crippen molar-refractivity contribution < 1.29 is 19.6 Å². The molecule has 9 heteroatoms. The van der Waals surface area contributed by atoms with Crippen LogP contribution in [0, 0.1) is 10.1 Å². The number of nitro groups is 1. The number of carboxylic acids is 1. The van der Waals surface area contributed by atoms with Gasteiger partial charge in [0.1, 0.15) is 12.2 Å². The number of nitro benzene ring substituents is 1. The van der Waals surface area contributed by atoms with Crippen LogP contribution in [0.2, 0.25) is 0 Å². The van der Waals surface area contributed by atoms with Crippen LogP contribution in [0.1, 0.15) is 15.9 Å². The number of carboxylic acid groups (broad SMARTS) is 1. The van der Waals surface area contributed by atoms with Crippen molar-refractivity contribution in [2.75, 3.05) is 6.26 Å². The summed E-state index contributed by atoms with van der Waals surface area (Å²) in [7, 11) is 0. The van der Waals surface area contributed by atoms with Crippen LogP contribution in [0.5, 0.6) is 5.88 Å². The van der Waals surface area contributed by atoms with E-state index in [9.17, 15) is 14.9 Å². The maximum absolute atomic E-state index is 11.1. The average molecular weight is 321 g/mol. The van der Waals surface area contributed by atoms with Gasteiger partial charge in [-0.3, -0.25) is 10.1 Å². The molecule has 114 valence electrons. The zero-order valence-corrected chi connectivity index (χ0v) is 12.2. The fraction of sp³-hybridized carbons (Fsp3) is 0.154. The van der Waals surface area contributed by atoms with E-state index in [4.69, 9.17) is 9.84 Å². The van der Waals surface area contributed by atoms with Crippen LogP contribution in [-0.4, -0.2) is 32.2 Å². The fourth-order valence-corrected chi connectivity index (χ4v) is 1.90. The van der Waals surface area contributed by atoms with Crippen molar-refractivity contribution in [1.82, 2.24) is 9.97 Å². The molecule has 8 nitrogen and oxygen atoms in total. The van der Waals surface area contributed by atoms with Crippen LogP contribution in [0.25, 0.3) is 0 Å². The predicted molar refractivity (Wildman–Crippen MR) is 78.2 cm³/mol. The molecule has 1 N–H and O–H groups in total. The molecule has 0 fully saturated rings. The Morgan fingerprint density at radius 1 is 1.41 bits per heavy atom. The normalized spacial score (nSPS) is 10.2. The van der Waals surface area contributed by atoms with Gasteiger partial charge in [-0.2, -0.15) is 4.98 Å². The molecule has 0 amide bonds. The van der Waals surface area contributed by atoms with Crippen LogP contribution in [0.4, 0.5) is 5.69 Å². The lowest BCUT2D eigenvalue weighted by Gasteiger charge is -2.08. The van der Waals surface area contributed by atoms with Gasteiger partial charge >= 0.3 is 5.97 Å². The number of non-ortho nitro benzene ring substituents is 1. The summed E-state index contributed by atoms with van der Waals surface area (Å²) < 4.78 is 5.41. The molecule has 0 spiro atoms. The Morgan fingerprint density at radius 2 is 2.09 bits per heavy atom. The molecule has 0 aliphatic carbocycles. The first kappa shape index (κ1) is 15.7. The summed E-state index contributed by atoms with van der Waals surface area (Å²) in [6, 6.07) is 5.78. The van der Waals surface area contributed by atoms with E-state index in [1.165, 1.54) is 42.2 Å². The molecule has 0 aliphatic heterocycles. The first-order valence-corrected chi connectivity index (χ1v) is 7.24. The van der Waals surface area contributed by atoms with E-state index in [0.29, 0.717) is 10.7 Å². The Labute approximate surface area is 129 Å². The van der Waals surface area contributed by atoms with Crippen molar-refractivity contribution in [1.29, 1.82) is 0 Å². The topological polar surface area (TPSA) is 115 Å². The maximum atomic E-state index is 11.1. The number of carbonyl (C=O) groups is 1. The number of aromatic nitrogens is 2. The summed E-state index contributed by atoms with van der Waals surface area (Å²) in [5, 5.41) is 20.0. The number of ether oxygens (including phenoxy) is 1. The number of nitrogens with zero attached hydrogens (tertiary/aromatic N) is 3. The molecule has 1 aromatic carbocycles. The van der Waals surface area contributed by atoms with Gasteiger partial charge in [0.25, 0.3) is 5.69 Å². The molecular weight excluding hydrogens is 310 g/mol.